The minimum atomic E-state index is -0.209. The normalized spacial score (nSPS) is 23.3. The summed E-state index contributed by atoms with van der Waals surface area (Å²) < 4.78 is 0. The van der Waals surface area contributed by atoms with E-state index in [0.29, 0.717) is 0 Å². The van der Waals surface area contributed by atoms with Crippen molar-refractivity contribution in [3.8, 4) is 0 Å². The van der Waals surface area contributed by atoms with Crippen LogP contribution in [0.1, 0.15) is 114 Å². The van der Waals surface area contributed by atoms with Crippen LogP contribution in [-0.2, 0) is 0 Å². The molecule has 0 radical (unpaired) electrons. The lowest BCUT2D eigenvalue weighted by atomic mass is 9.71. The van der Waals surface area contributed by atoms with Gasteiger partial charge in [0.2, 0.25) is 0 Å². The van der Waals surface area contributed by atoms with Crippen LogP contribution in [0.5, 0.6) is 0 Å². The summed E-state index contributed by atoms with van der Waals surface area (Å²) in [5, 5.41) is 10.1. The quantitative estimate of drug-likeness (QED) is 0.252. The smallest absolute Gasteiger partial charge is 0.0585 e. The fourth-order valence-electron chi connectivity index (χ4n) is 6.19. The van der Waals surface area contributed by atoms with Gasteiger partial charge >= 0.3 is 0 Å². The van der Waals surface area contributed by atoms with E-state index < -0.39 is 0 Å². The molecule has 1 atom stereocenters. The second-order valence-corrected chi connectivity index (χ2v) is 13.8. The number of allylic oxidation sites excluding steroid dienone is 19. The van der Waals surface area contributed by atoms with Crippen LogP contribution in [0.3, 0.4) is 0 Å². The summed E-state index contributed by atoms with van der Waals surface area (Å²) in [5.74, 6) is 0. The SMILES string of the molecule is CC1=C(/C=C/C(C)=C/C=C/C(C)=C/C=C/C=C(\C)CC/C=C(C)/C=C/C2=C(C)C[C@H](O)CC2(C)C)C(C)(C)CCC1. The Balaban J connectivity index is 1.84. The Morgan fingerprint density at radius 3 is 2.00 bits per heavy atom. The van der Waals surface area contributed by atoms with Gasteiger partial charge in [-0.2, -0.15) is 0 Å². The molecule has 1 N–H and O–H groups in total. The molecule has 1 heteroatoms. The van der Waals surface area contributed by atoms with Gasteiger partial charge in [-0.3, -0.25) is 0 Å². The molecule has 0 aliphatic heterocycles. The van der Waals surface area contributed by atoms with Gasteiger partial charge in [0.1, 0.15) is 0 Å². The lowest BCUT2D eigenvalue weighted by Gasteiger charge is -2.35. The summed E-state index contributed by atoms with van der Waals surface area (Å²) in [5.41, 5.74) is 11.3. The fourth-order valence-corrected chi connectivity index (χ4v) is 6.19. The van der Waals surface area contributed by atoms with E-state index in [0.717, 1.165) is 25.7 Å². The van der Waals surface area contributed by atoms with E-state index in [1.165, 1.54) is 58.3 Å². The predicted octanol–water partition coefficient (Wildman–Crippen LogP) is 11.8. The summed E-state index contributed by atoms with van der Waals surface area (Å²) >= 11 is 0. The van der Waals surface area contributed by atoms with E-state index in [-0.39, 0.29) is 16.9 Å². The number of aliphatic hydroxyl groups is 1. The molecule has 0 spiro atoms. The van der Waals surface area contributed by atoms with Crippen LogP contribution in [0.4, 0.5) is 0 Å². The first-order valence-electron chi connectivity index (χ1n) is 15.7. The molecule has 2 rings (SSSR count). The van der Waals surface area contributed by atoms with Crippen molar-refractivity contribution >= 4 is 0 Å². The zero-order chi connectivity index (χ0) is 30.6. The Morgan fingerprint density at radius 2 is 1.34 bits per heavy atom. The van der Waals surface area contributed by atoms with Crippen molar-refractivity contribution in [2.75, 3.05) is 0 Å². The number of hydrogen-bond donors (Lipinski definition) is 1. The van der Waals surface area contributed by atoms with Crippen molar-refractivity contribution in [2.45, 2.75) is 120 Å². The highest BCUT2D eigenvalue weighted by Gasteiger charge is 2.31. The standard InChI is InChI=1S/C40H58O/c1-30(18-13-20-32(3)23-25-37-34(5)22-15-27-39(37,7)8)16-11-12-17-31(2)19-14-21-33(4)24-26-38-35(6)28-36(41)29-40(38,9)10/h11-13,16-18,20-21,23-26,36,41H,14-15,19,22,27-29H2,1-10H3/b12-11+,18-13+,25-23+,26-24+,30-16+,31-17+,32-20+,33-21+/t36-/m0/s1. The molecule has 0 bridgehead atoms. The molecule has 0 unspecified atom stereocenters. The molecular weight excluding hydrogens is 496 g/mol. The number of hydrogen-bond acceptors (Lipinski definition) is 1. The Kier molecular flexibility index (Phi) is 13.6. The van der Waals surface area contributed by atoms with Crippen molar-refractivity contribution in [3.63, 3.8) is 0 Å². The molecule has 0 saturated heterocycles. The van der Waals surface area contributed by atoms with Crippen molar-refractivity contribution in [1.82, 2.24) is 0 Å². The molecule has 2 aliphatic rings. The molecule has 0 aromatic rings. The average Bonchev–Trinajstić information content (AvgIpc) is 2.84. The van der Waals surface area contributed by atoms with Crippen LogP contribution in [0.2, 0.25) is 0 Å². The average molecular weight is 555 g/mol. The number of rotatable bonds is 11. The molecule has 0 aromatic heterocycles. The maximum atomic E-state index is 10.1. The van der Waals surface area contributed by atoms with Crippen LogP contribution in [0.15, 0.2) is 117 Å². The molecule has 0 saturated carbocycles. The summed E-state index contributed by atoms with van der Waals surface area (Å²) in [6.07, 6.45) is 33.9. The van der Waals surface area contributed by atoms with E-state index in [2.05, 4.69) is 142 Å². The maximum absolute atomic E-state index is 10.1. The van der Waals surface area contributed by atoms with Crippen LogP contribution in [0.25, 0.3) is 0 Å². The van der Waals surface area contributed by atoms with E-state index in [9.17, 15) is 5.11 Å². The van der Waals surface area contributed by atoms with Gasteiger partial charge in [-0.15, -0.1) is 0 Å². The van der Waals surface area contributed by atoms with Crippen molar-refractivity contribution in [1.29, 1.82) is 0 Å². The first kappa shape index (κ1) is 34.6. The monoisotopic (exact) mass is 554 g/mol. The molecule has 0 heterocycles. The minimum Gasteiger partial charge on any atom is -0.393 e. The van der Waals surface area contributed by atoms with Gasteiger partial charge < -0.3 is 5.11 Å². The first-order chi connectivity index (χ1) is 19.2. The van der Waals surface area contributed by atoms with Gasteiger partial charge in [-0.1, -0.05) is 134 Å². The van der Waals surface area contributed by atoms with Gasteiger partial charge in [-0.25, -0.2) is 0 Å². The van der Waals surface area contributed by atoms with Crippen LogP contribution >= 0.6 is 0 Å². The molecule has 41 heavy (non-hydrogen) atoms. The second-order valence-electron chi connectivity index (χ2n) is 13.8. The summed E-state index contributed by atoms with van der Waals surface area (Å²) in [7, 11) is 0. The zero-order valence-corrected chi connectivity index (χ0v) is 27.9. The molecular formula is C40H58O. The third-order valence-electron chi connectivity index (χ3n) is 8.62. The predicted molar refractivity (Wildman–Crippen MR) is 183 cm³/mol. The summed E-state index contributed by atoms with van der Waals surface area (Å²) in [6.45, 7) is 22.4. The second kappa shape index (κ2) is 16.1. The zero-order valence-electron chi connectivity index (χ0n) is 27.9. The van der Waals surface area contributed by atoms with E-state index in [4.69, 9.17) is 0 Å². The van der Waals surface area contributed by atoms with Crippen molar-refractivity contribution in [3.05, 3.63) is 117 Å². The molecule has 0 fully saturated rings. The Labute approximate surface area is 253 Å². The highest BCUT2D eigenvalue weighted by Crippen LogP contribution is 2.42. The molecule has 0 aromatic carbocycles. The summed E-state index contributed by atoms with van der Waals surface area (Å²) in [4.78, 5) is 0. The maximum Gasteiger partial charge on any atom is 0.0585 e. The largest absolute Gasteiger partial charge is 0.393 e. The van der Waals surface area contributed by atoms with E-state index in [1.54, 1.807) is 5.57 Å². The highest BCUT2D eigenvalue weighted by atomic mass is 16.3. The lowest BCUT2D eigenvalue weighted by molar-refractivity contribution is 0.116. The lowest BCUT2D eigenvalue weighted by Crippen LogP contribution is -2.28. The van der Waals surface area contributed by atoms with E-state index >= 15 is 0 Å². The van der Waals surface area contributed by atoms with E-state index in [1.807, 2.05) is 0 Å². The Bertz CT molecular complexity index is 1210. The molecule has 224 valence electrons. The van der Waals surface area contributed by atoms with Gasteiger partial charge in [-0.05, 0) is 108 Å². The number of aliphatic hydroxyl groups excluding tert-OH is 1. The summed E-state index contributed by atoms with van der Waals surface area (Å²) in [6, 6.07) is 0. The Morgan fingerprint density at radius 1 is 0.756 bits per heavy atom. The highest BCUT2D eigenvalue weighted by molar-refractivity contribution is 5.38. The van der Waals surface area contributed by atoms with Crippen LogP contribution in [-0.4, -0.2) is 11.2 Å². The molecule has 1 nitrogen and oxygen atoms in total. The fraction of sp³-hybridized carbons (Fsp3) is 0.500. The van der Waals surface area contributed by atoms with Crippen LogP contribution < -0.4 is 0 Å². The first-order valence-corrected chi connectivity index (χ1v) is 15.7. The third kappa shape index (κ3) is 12.0. The topological polar surface area (TPSA) is 20.2 Å². The van der Waals surface area contributed by atoms with Crippen LogP contribution in [0, 0.1) is 10.8 Å². The van der Waals surface area contributed by atoms with Gasteiger partial charge in [0.05, 0.1) is 6.10 Å². The van der Waals surface area contributed by atoms with Crippen molar-refractivity contribution in [2.24, 2.45) is 10.8 Å². The minimum absolute atomic E-state index is 0.0308. The Hall–Kier alpha value is -2.64. The molecule has 2 aliphatic carbocycles. The van der Waals surface area contributed by atoms with Crippen molar-refractivity contribution < 1.29 is 5.11 Å². The van der Waals surface area contributed by atoms with Gasteiger partial charge in [0.15, 0.2) is 0 Å². The van der Waals surface area contributed by atoms with Gasteiger partial charge in [0, 0.05) is 0 Å². The third-order valence-corrected chi connectivity index (χ3v) is 8.62. The van der Waals surface area contributed by atoms with Gasteiger partial charge in [0.25, 0.3) is 0 Å². The molecule has 0 amide bonds.